The summed E-state index contributed by atoms with van der Waals surface area (Å²) in [5, 5.41) is 16.6. The van der Waals surface area contributed by atoms with E-state index in [4.69, 9.17) is 16.0 Å². The van der Waals surface area contributed by atoms with Gasteiger partial charge in [0.25, 0.3) is 5.91 Å². The van der Waals surface area contributed by atoms with Crippen LogP contribution in [-0.4, -0.2) is 28.4 Å². The minimum atomic E-state index is -1.06. The Morgan fingerprint density at radius 3 is 1.62 bits per heavy atom. The van der Waals surface area contributed by atoms with Crippen LogP contribution in [0.2, 0.25) is 0 Å². The molecule has 0 bridgehead atoms. The molecule has 0 aliphatic carbocycles. The van der Waals surface area contributed by atoms with Crippen LogP contribution in [-0.2, 0) is 4.79 Å². The predicted octanol–water partition coefficient (Wildman–Crippen LogP) is 1.55. The van der Waals surface area contributed by atoms with Crippen molar-refractivity contribution < 1.29 is 15.1 Å². The van der Waals surface area contributed by atoms with E-state index in [1.165, 1.54) is 23.5 Å². The van der Waals surface area contributed by atoms with E-state index in [-0.39, 0.29) is 0 Å². The number of nitrogens with one attached hydrogen (secondary N) is 1. The van der Waals surface area contributed by atoms with Crippen LogP contribution in [0.5, 0.6) is 0 Å². The van der Waals surface area contributed by atoms with Gasteiger partial charge in [-0.05, 0) is 18.1 Å². The molecule has 5 nitrogen and oxygen atoms in total. The molecule has 0 aliphatic heterocycles. The molecule has 0 spiro atoms. The van der Waals surface area contributed by atoms with Gasteiger partial charge in [-0.3, -0.25) is 10.0 Å². The number of benzene rings is 2. The summed E-state index contributed by atoms with van der Waals surface area (Å²) in [5.74, 6) is -0.787. The number of aliphatic hydroxyl groups excluding tert-OH is 1. The number of carbonyl (C=O) groups excluding carboxylic acids is 1. The van der Waals surface area contributed by atoms with E-state index in [1.54, 1.807) is 0 Å². The van der Waals surface area contributed by atoms with Gasteiger partial charge in [0.2, 0.25) is 0 Å². The number of rotatable bonds is 3. The van der Waals surface area contributed by atoms with Crippen LogP contribution < -0.4 is 11.2 Å². The zero-order valence-corrected chi connectivity index (χ0v) is 11.8. The third-order valence-corrected chi connectivity index (χ3v) is 2.81. The van der Waals surface area contributed by atoms with Gasteiger partial charge in [-0.1, -0.05) is 60.7 Å². The van der Waals surface area contributed by atoms with E-state index >= 15 is 0 Å². The summed E-state index contributed by atoms with van der Waals surface area (Å²) in [6.07, 6.45) is -0.947. The lowest BCUT2D eigenvalue weighted by molar-refractivity contribution is -0.132. The van der Waals surface area contributed by atoms with Crippen molar-refractivity contribution in [2.24, 2.45) is 5.73 Å². The Morgan fingerprint density at radius 1 is 1.00 bits per heavy atom. The average molecular weight is 288 g/mol. The van der Waals surface area contributed by atoms with E-state index in [1.807, 2.05) is 12.1 Å². The monoisotopic (exact) mass is 288 g/mol. The molecule has 2 atom stereocenters. The quantitative estimate of drug-likeness (QED) is 0.509. The zero-order chi connectivity index (χ0) is 15.7. The van der Waals surface area contributed by atoms with Gasteiger partial charge in [0.1, 0.15) is 6.04 Å². The SMILES string of the molecule is C[C@@H](O)[C@H](N)C(=O)NO.c1ccc(-c2ccccc2)cc1. The number of nitrogens with two attached hydrogens (primary N) is 1. The fourth-order valence-electron chi connectivity index (χ4n) is 1.55. The fourth-order valence-corrected chi connectivity index (χ4v) is 1.55. The largest absolute Gasteiger partial charge is 0.391 e. The highest BCUT2D eigenvalue weighted by Gasteiger charge is 2.17. The van der Waals surface area contributed by atoms with Crippen molar-refractivity contribution in [3.8, 4) is 11.1 Å². The summed E-state index contributed by atoms with van der Waals surface area (Å²) in [7, 11) is 0. The van der Waals surface area contributed by atoms with Gasteiger partial charge in [0, 0.05) is 0 Å². The number of hydrogen-bond donors (Lipinski definition) is 4. The maximum atomic E-state index is 10.3. The van der Waals surface area contributed by atoms with Gasteiger partial charge in [-0.15, -0.1) is 0 Å². The van der Waals surface area contributed by atoms with Crippen molar-refractivity contribution in [2.75, 3.05) is 0 Å². The summed E-state index contributed by atoms with van der Waals surface area (Å²) >= 11 is 0. The van der Waals surface area contributed by atoms with Crippen molar-refractivity contribution in [3.05, 3.63) is 60.7 Å². The maximum absolute atomic E-state index is 10.3. The molecule has 0 saturated heterocycles. The first-order chi connectivity index (χ1) is 10.1. The van der Waals surface area contributed by atoms with Gasteiger partial charge in [-0.2, -0.15) is 0 Å². The molecule has 0 fully saturated rings. The Balaban J connectivity index is 0.000000222. The molecule has 21 heavy (non-hydrogen) atoms. The van der Waals surface area contributed by atoms with Crippen molar-refractivity contribution >= 4 is 5.91 Å². The van der Waals surface area contributed by atoms with Crippen LogP contribution in [0.3, 0.4) is 0 Å². The molecule has 0 radical (unpaired) electrons. The van der Waals surface area contributed by atoms with Crippen molar-refractivity contribution in [1.29, 1.82) is 0 Å². The number of amides is 1. The van der Waals surface area contributed by atoms with Crippen LogP contribution >= 0.6 is 0 Å². The summed E-state index contributed by atoms with van der Waals surface area (Å²) < 4.78 is 0. The Kier molecular flexibility index (Phi) is 7.11. The molecule has 2 rings (SSSR count). The molecule has 2 aromatic rings. The lowest BCUT2D eigenvalue weighted by Crippen LogP contribution is -2.46. The molecular formula is C16H20N2O3. The summed E-state index contributed by atoms with van der Waals surface area (Å²) in [6.45, 7) is 1.36. The van der Waals surface area contributed by atoms with Crippen LogP contribution in [0, 0.1) is 0 Å². The van der Waals surface area contributed by atoms with Crippen molar-refractivity contribution in [3.63, 3.8) is 0 Å². The zero-order valence-electron chi connectivity index (χ0n) is 11.8. The third-order valence-electron chi connectivity index (χ3n) is 2.81. The molecule has 0 saturated carbocycles. The van der Waals surface area contributed by atoms with E-state index in [9.17, 15) is 4.79 Å². The minimum absolute atomic E-state index is 0.787. The molecular weight excluding hydrogens is 268 g/mol. The van der Waals surface area contributed by atoms with E-state index in [0.29, 0.717) is 0 Å². The molecule has 0 heterocycles. The maximum Gasteiger partial charge on any atom is 0.262 e. The summed E-state index contributed by atoms with van der Waals surface area (Å²) in [6, 6.07) is 19.7. The van der Waals surface area contributed by atoms with Gasteiger partial charge in [-0.25, -0.2) is 5.48 Å². The van der Waals surface area contributed by atoms with E-state index < -0.39 is 18.1 Å². The second-order valence-corrected chi connectivity index (χ2v) is 4.47. The predicted molar refractivity (Wildman–Crippen MR) is 81.5 cm³/mol. The minimum Gasteiger partial charge on any atom is -0.391 e. The second-order valence-electron chi connectivity index (χ2n) is 4.47. The fraction of sp³-hybridized carbons (Fsp3) is 0.188. The van der Waals surface area contributed by atoms with E-state index in [0.717, 1.165) is 0 Å². The van der Waals surface area contributed by atoms with Crippen LogP contribution in [0.1, 0.15) is 6.92 Å². The molecule has 5 heteroatoms. The van der Waals surface area contributed by atoms with Crippen LogP contribution in [0.25, 0.3) is 11.1 Å². The summed E-state index contributed by atoms with van der Waals surface area (Å²) in [4.78, 5) is 10.3. The smallest absolute Gasteiger partial charge is 0.262 e. The number of aliphatic hydroxyl groups is 1. The average Bonchev–Trinajstić information content (AvgIpc) is 2.55. The topological polar surface area (TPSA) is 95.6 Å². The van der Waals surface area contributed by atoms with Gasteiger partial charge < -0.3 is 10.8 Å². The van der Waals surface area contributed by atoms with Crippen molar-refractivity contribution in [2.45, 2.75) is 19.1 Å². The molecule has 0 aromatic heterocycles. The number of carbonyl (C=O) groups is 1. The Bertz CT molecular complexity index is 492. The second kappa shape index (κ2) is 8.86. The van der Waals surface area contributed by atoms with Crippen LogP contribution in [0.15, 0.2) is 60.7 Å². The summed E-state index contributed by atoms with van der Waals surface area (Å²) in [5.41, 5.74) is 8.92. The van der Waals surface area contributed by atoms with E-state index in [2.05, 4.69) is 48.5 Å². The molecule has 0 unspecified atom stereocenters. The van der Waals surface area contributed by atoms with Gasteiger partial charge in [0.15, 0.2) is 0 Å². The highest BCUT2D eigenvalue weighted by atomic mass is 16.5. The van der Waals surface area contributed by atoms with Gasteiger partial charge in [0.05, 0.1) is 6.10 Å². The lowest BCUT2D eigenvalue weighted by Gasteiger charge is -2.10. The number of hydrogen-bond acceptors (Lipinski definition) is 4. The molecule has 2 aromatic carbocycles. The first-order valence-electron chi connectivity index (χ1n) is 6.54. The molecule has 5 N–H and O–H groups in total. The first kappa shape index (κ1) is 16.8. The molecule has 1 amide bonds. The van der Waals surface area contributed by atoms with Crippen molar-refractivity contribution in [1.82, 2.24) is 5.48 Å². The van der Waals surface area contributed by atoms with Crippen LogP contribution in [0.4, 0.5) is 0 Å². The highest BCUT2D eigenvalue weighted by molar-refractivity contribution is 5.80. The standard InChI is InChI=1S/C12H10.C4H10N2O3/c1-3-7-11(8-4-1)12-9-5-2-6-10-12;1-2(7)3(5)4(8)6-9/h1-10H;2-3,7,9H,5H2,1H3,(H,6,8)/t;2-,3+/m.1/s1. The Labute approximate surface area is 124 Å². The number of hydroxylamine groups is 1. The molecule has 0 aliphatic rings. The highest BCUT2D eigenvalue weighted by Crippen LogP contribution is 2.17. The Morgan fingerprint density at radius 2 is 1.38 bits per heavy atom. The van der Waals surface area contributed by atoms with Gasteiger partial charge >= 0.3 is 0 Å². The lowest BCUT2D eigenvalue weighted by atomic mass is 10.1. The molecule has 112 valence electrons. The normalized spacial score (nSPS) is 12.6. The Hall–Kier alpha value is -2.21. The first-order valence-corrected chi connectivity index (χ1v) is 6.54. The third kappa shape index (κ3) is 5.74.